The summed E-state index contributed by atoms with van der Waals surface area (Å²) in [4.78, 5) is 10.9. The molecule has 16 heavy (non-hydrogen) atoms. The summed E-state index contributed by atoms with van der Waals surface area (Å²) in [6.07, 6.45) is -0.479. The van der Waals surface area contributed by atoms with Crippen LogP contribution in [0.2, 0.25) is 0 Å². The van der Waals surface area contributed by atoms with Crippen LogP contribution >= 0.6 is 0 Å². The Morgan fingerprint density at radius 3 is 2.25 bits per heavy atom. The van der Waals surface area contributed by atoms with Gasteiger partial charge in [0.05, 0.1) is 6.61 Å². The minimum Gasteiger partial charge on any atom is -0.348 e. The van der Waals surface area contributed by atoms with Gasteiger partial charge in [-0.3, -0.25) is 0 Å². The van der Waals surface area contributed by atoms with Gasteiger partial charge in [0, 0.05) is 0 Å². The molecule has 0 unspecified atom stereocenters. The highest BCUT2D eigenvalue weighted by Gasteiger charge is 2.49. The first-order chi connectivity index (χ1) is 7.33. The second kappa shape index (κ2) is 3.77. The number of carbonyl (C=O) groups is 1. The van der Waals surface area contributed by atoms with Gasteiger partial charge in [0.1, 0.15) is 18.3 Å². The maximum atomic E-state index is 10.9. The molecule has 0 aromatic heterocycles. The maximum Gasteiger partial charge on any atom is 0.164 e. The van der Waals surface area contributed by atoms with Crippen molar-refractivity contribution < 1.29 is 23.7 Å². The van der Waals surface area contributed by atoms with Crippen LogP contribution in [0.25, 0.3) is 0 Å². The number of aldehydes is 1. The number of ether oxygens (including phenoxy) is 4. The molecule has 92 valence electrons. The van der Waals surface area contributed by atoms with Crippen molar-refractivity contribution in [3.63, 3.8) is 0 Å². The van der Waals surface area contributed by atoms with Gasteiger partial charge in [-0.1, -0.05) is 0 Å². The van der Waals surface area contributed by atoms with E-state index in [1.807, 2.05) is 13.8 Å². The van der Waals surface area contributed by atoms with Crippen LogP contribution in [-0.2, 0) is 23.7 Å². The van der Waals surface area contributed by atoms with Crippen molar-refractivity contribution in [1.82, 2.24) is 0 Å². The van der Waals surface area contributed by atoms with Gasteiger partial charge in [-0.15, -0.1) is 0 Å². The van der Waals surface area contributed by atoms with Crippen LogP contribution in [-0.4, -0.2) is 42.8 Å². The van der Waals surface area contributed by atoms with Gasteiger partial charge in [-0.05, 0) is 27.7 Å². The molecule has 0 amide bonds. The van der Waals surface area contributed by atoms with Gasteiger partial charge in [0.2, 0.25) is 0 Å². The molecule has 2 fully saturated rings. The predicted molar refractivity (Wildman–Crippen MR) is 54.8 cm³/mol. The van der Waals surface area contributed by atoms with E-state index in [9.17, 15) is 4.79 Å². The Morgan fingerprint density at radius 2 is 1.75 bits per heavy atom. The second-order valence-corrected chi connectivity index (χ2v) is 5.07. The van der Waals surface area contributed by atoms with E-state index in [2.05, 4.69) is 0 Å². The van der Waals surface area contributed by atoms with Crippen molar-refractivity contribution in [1.29, 1.82) is 0 Å². The zero-order valence-corrected chi connectivity index (χ0v) is 10.1. The SMILES string of the molecule is CC1(C)O[C@H]([C@H]2COC(C)(C)O2)[C@H](C=O)O1. The molecule has 2 rings (SSSR count). The van der Waals surface area contributed by atoms with Crippen molar-refractivity contribution in [2.24, 2.45) is 0 Å². The largest absolute Gasteiger partial charge is 0.348 e. The Hall–Kier alpha value is -0.490. The summed E-state index contributed by atoms with van der Waals surface area (Å²) in [5.41, 5.74) is 0. The lowest BCUT2D eigenvalue weighted by molar-refractivity contribution is -0.174. The minimum atomic E-state index is -0.744. The monoisotopic (exact) mass is 230 g/mol. The Labute approximate surface area is 95.0 Å². The summed E-state index contributed by atoms with van der Waals surface area (Å²) in [7, 11) is 0. The highest BCUT2D eigenvalue weighted by molar-refractivity contribution is 5.58. The highest BCUT2D eigenvalue weighted by Crippen LogP contribution is 2.34. The van der Waals surface area contributed by atoms with Crippen LogP contribution in [0.1, 0.15) is 27.7 Å². The molecule has 0 spiro atoms. The van der Waals surface area contributed by atoms with E-state index in [1.54, 1.807) is 13.8 Å². The lowest BCUT2D eigenvalue weighted by atomic mass is 10.1. The quantitative estimate of drug-likeness (QED) is 0.658. The van der Waals surface area contributed by atoms with E-state index in [-0.39, 0.29) is 6.10 Å². The van der Waals surface area contributed by atoms with Crippen LogP contribution in [0.3, 0.4) is 0 Å². The Balaban J connectivity index is 2.07. The zero-order valence-electron chi connectivity index (χ0n) is 10.1. The van der Waals surface area contributed by atoms with Crippen molar-refractivity contribution in [3.8, 4) is 0 Å². The third-order valence-corrected chi connectivity index (χ3v) is 2.69. The number of hydrogen-bond donors (Lipinski definition) is 0. The summed E-state index contributed by atoms with van der Waals surface area (Å²) < 4.78 is 22.3. The van der Waals surface area contributed by atoms with Crippen LogP contribution in [0.15, 0.2) is 0 Å². The van der Waals surface area contributed by atoms with Gasteiger partial charge in [0.25, 0.3) is 0 Å². The topological polar surface area (TPSA) is 54.0 Å². The molecular weight excluding hydrogens is 212 g/mol. The van der Waals surface area contributed by atoms with Crippen LogP contribution in [0.4, 0.5) is 0 Å². The first-order valence-electron chi connectivity index (χ1n) is 5.46. The number of carbonyl (C=O) groups excluding carboxylic acids is 1. The van der Waals surface area contributed by atoms with Gasteiger partial charge < -0.3 is 23.7 Å². The second-order valence-electron chi connectivity index (χ2n) is 5.07. The number of rotatable bonds is 2. The first kappa shape index (κ1) is 12.0. The average molecular weight is 230 g/mol. The molecule has 2 aliphatic heterocycles. The van der Waals surface area contributed by atoms with Gasteiger partial charge >= 0.3 is 0 Å². The Kier molecular flexibility index (Phi) is 2.82. The third-order valence-electron chi connectivity index (χ3n) is 2.69. The molecule has 2 heterocycles. The van der Waals surface area contributed by atoms with E-state index < -0.39 is 23.8 Å². The van der Waals surface area contributed by atoms with E-state index in [0.29, 0.717) is 6.61 Å². The third kappa shape index (κ3) is 2.27. The fraction of sp³-hybridized carbons (Fsp3) is 0.909. The van der Waals surface area contributed by atoms with E-state index >= 15 is 0 Å². The van der Waals surface area contributed by atoms with E-state index in [0.717, 1.165) is 6.29 Å². The average Bonchev–Trinajstić information content (AvgIpc) is 2.65. The summed E-state index contributed by atoms with van der Waals surface area (Å²) in [5.74, 6) is -1.36. The molecule has 5 nitrogen and oxygen atoms in total. The first-order valence-corrected chi connectivity index (χ1v) is 5.46. The van der Waals surface area contributed by atoms with Crippen molar-refractivity contribution in [2.75, 3.05) is 6.61 Å². The molecule has 0 aromatic rings. The summed E-state index contributed by atoms with van der Waals surface area (Å²) in [5, 5.41) is 0. The lowest BCUT2D eigenvalue weighted by Crippen LogP contribution is -2.38. The van der Waals surface area contributed by atoms with Gasteiger partial charge in [-0.25, -0.2) is 0 Å². The summed E-state index contributed by atoms with van der Waals surface area (Å²) in [6, 6.07) is 0. The van der Waals surface area contributed by atoms with Crippen LogP contribution in [0, 0.1) is 0 Å². The smallest absolute Gasteiger partial charge is 0.164 e. The molecule has 3 atom stereocenters. The van der Waals surface area contributed by atoms with E-state index in [4.69, 9.17) is 18.9 Å². The van der Waals surface area contributed by atoms with Gasteiger partial charge in [-0.2, -0.15) is 0 Å². The number of hydrogen-bond acceptors (Lipinski definition) is 5. The molecule has 0 aromatic carbocycles. The summed E-state index contributed by atoms with van der Waals surface area (Å²) >= 11 is 0. The fourth-order valence-electron chi connectivity index (χ4n) is 2.09. The molecule has 2 saturated heterocycles. The molecular formula is C11H18O5. The zero-order chi connectivity index (χ0) is 12.0. The molecule has 0 radical (unpaired) electrons. The van der Waals surface area contributed by atoms with Gasteiger partial charge in [0.15, 0.2) is 17.9 Å². The maximum absolute atomic E-state index is 10.9. The Bertz CT molecular complexity index is 286. The molecule has 0 bridgehead atoms. The molecule has 0 N–H and O–H groups in total. The predicted octanol–water partition coefficient (Wildman–Crippen LogP) is 0.857. The van der Waals surface area contributed by atoms with Crippen LogP contribution < -0.4 is 0 Å². The molecule has 0 aliphatic carbocycles. The molecule has 5 heteroatoms. The van der Waals surface area contributed by atoms with Crippen LogP contribution in [0.5, 0.6) is 0 Å². The normalized spacial score (nSPS) is 41.1. The van der Waals surface area contributed by atoms with Crippen molar-refractivity contribution >= 4 is 6.29 Å². The van der Waals surface area contributed by atoms with Crippen molar-refractivity contribution in [3.05, 3.63) is 0 Å². The lowest BCUT2D eigenvalue weighted by Gasteiger charge is -2.22. The molecule has 0 saturated carbocycles. The highest BCUT2D eigenvalue weighted by atomic mass is 16.8. The standard InChI is InChI=1S/C11H18O5/c1-10(2)13-6-8(15-10)9-7(5-12)14-11(3,4)16-9/h5,7-9H,6H2,1-4H3/t7-,8+,9-/m0/s1. The minimum absolute atomic E-state index is 0.257. The van der Waals surface area contributed by atoms with Crippen molar-refractivity contribution in [2.45, 2.75) is 57.6 Å². The van der Waals surface area contributed by atoms with E-state index in [1.165, 1.54) is 0 Å². The Morgan fingerprint density at radius 1 is 1.06 bits per heavy atom. The molecule has 2 aliphatic rings. The summed E-state index contributed by atoms with van der Waals surface area (Å²) in [6.45, 7) is 7.66. The fourth-order valence-corrected chi connectivity index (χ4v) is 2.09.